The van der Waals surface area contributed by atoms with E-state index in [2.05, 4.69) is 13.8 Å². The van der Waals surface area contributed by atoms with Gasteiger partial charge in [-0.15, -0.1) is 0 Å². The minimum atomic E-state index is 0.558. The van der Waals surface area contributed by atoms with Crippen molar-refractivity contribution in [2.24, 2.45) is 5.92 Å². The van der Waals surface area contributed by atoms with Crippen molar-refractivity contribution < 1.29 is 9.53 Å². The molecule has 1 atom stereocenters. The fourth-order valence-electron chi connectivity index (χ4n) is 1.58. The van der Waals surface area contributed by atoms with E-state index in [4.69, 9.17) is 4.74 Å². The highest BCUT2D eigenvalue weighted by Gasteiger charge is 2.07. The number of hydrogen-bond donors (Lipinski definition) is 0. The third-order valence-electron chi connectivity index (χ3n) is 2.31. The Labute approximate surface area is 81.7 Å². The molecule has 0 aliphatic rings. The van der Waals surface area contributed by atoms with Gasteiger partial charge in [0.15, 0.2) is 0 Å². The molecule has 0 amide bonds. The molecule has 0 aliphatic carbocycles. The normalized spacial score (nSPS) is 12.5. The van der Waals surface area contributed by atoms with Gasteiger partial charge < -0.3 is 4.74 Å². The van der Waals surface area contributed by atoms with Crippen molar-refractivity contribution in [3.8, 4) is 0 Å². The largest absolute Gasteiger partial charge is 0.468 e. The van der Waals surface area contributed by atoms with Gasteiger partial charge in [0, 0.05) is 0 Å². The van der Waals surface area contributed by atoms with Gasteiger partial charge in [-0.25, -0.2) is 0 Å². The zero-order chi connectivity index (χ0) is 9.94. The topological polar surface area (TPSA) is 26.3 Å². The molecule has 0 saturated carbocycles. The molecule has 2 heteroatoms. The molecular formula is C11H22O2. The Hall–Kier alpha value is -0.530. The quantitative estimate of drug-likeness (QED) is 0.408. The van der Waals surface area contributed by atoms with Gasteiger partial charge in [-0.1, -0.05) is 39.5 Å². The summed E-state index contributed by atoms with van der Waals surface area (Å²) in [6.07, 6.45) is 7.38. The lowest BCUT2D eigenvalue weighted by Gasteiger charge is -2.13. The summed E-state index contributed by atoms with van der Waals surface area (Å²) in [5.41, 5.74) is 0. The van der Waals surface area contributed by atoms with Crippen LogP contribution >= 0.6 is 0 Å². The van der Waals surface area contributed by atoms with Crippen LogP contribution in [0.2, 0.25) is 0 Å². The van der Waals surface area contributed by atoms with Crippen LogP contribution in [0.4, 0.5) is 0 Å². The molecule has 0 aromatic carbocycles. The highest BCUT2D eigenvalue weighted by atomic mass is 16.5. The van der Waals surface area contributed by atoms with Crippen molar-refractivity contribution >= 4 is 6.47 Å². The molecule has 0 N–H and O–H groups in total. The fraction of sp³-hybridized carbons (Fsp3) is 0.909. The molecule has 78 valence electrons. The Morgan fingerprint density at radius 3 is 2.46 bits per heavy atom. The number of rotatable bonds is 9. The van der Waals surface area contributed by atoms with E-state index in [9.17, 15) is 4.79 Å². The summed E-state index contributed by atoms with van der Waals surface area (Å²) in [4.78, 5) is 10.0. The van der Waals surface area contributed by atoms with Gasteiger partial charge in [0.05, 0.1) is 6.61 Å². The van der Waals surface area contributed by atoms with E-state index in [1.54, 1.807) is 0 Å². The van der Waals surface area contributed by atoms with E-state index in [1.807, 2.05) is 0 Å². The summed E-state index contributed by atoms with van der Waals surface area (Å²) in [5, 5.41) is 0. The summed E-state index contributed by atoms with van der Waals surface area (Å²) in [6.45, 7) is 5.55. The zero-order valence-electron chi connectivity index (χ0n) is 8.92. The predicted octanol–water partition coefficient (Wildman–Crippen LogP) is 3.16. The van der Waals surface area contributed by atoms with Crippen LogP contribution in [0.1, 0.15) is 52.4 Å². The van der Waals surface area contributed by atoms with Crippen molar-refractivity contribution in [2.45, 2.75) is 52.4 Å². The maximum atomic E-state index is 10.0. The van der Waals surface area contributed by atoms with Gasteiger partial charge in [0.25, 0.3) is 6.47 Å². The first-order valence-electron chi connectivity index (χ1n) is 5.40. The van der Waals surface area contributed by atoms with Crippen molar-refractivity contribution in [1.29, 1.82) is 0 Å². The minimum Gasteiger partial charge on any atom is -0.468 e. The van der Waals surface area contributed by atoms with Crippen LogP contribution in [0.25, 0.3) is 0 Å². The average molecular weight is 186 g/mol. The lowest BCUT2D eigenvalue weighted by atomic mass is 9.97. The van der Waals surface area contributed by atoms with E-state index >= 15 is 0 Å². The van der Waals surface area contributed by atoms with Gasteiger partial charge in [0.2, 0.25) is 0 Å². The zero-order valence-corrected chi connectivity index (χ0v) is 8.92. The first-order chi connectivity index (χ1) is 6.35. The molecule has 0 spiro atoms. The Balaban J connectivity index is 3.46. The maximum Gasteiger partial charge on any atom is 0.293 e. The Morgan fingerprint density at radius 1 is 1.15 bits per heavy atom. The smallest absolute Gasteiger partial charge is 0.293 e. The van der Waals surface area contributed by atoms with Crippen LogP contribution in [0.3, 0.4) is 0 Å². The summed E-state index contributed by atoms with van der Waals surface area (Å²) in [6, 6.07) is 0. The molecule has 0 aromatic rings. The molecule has 0 fully saturated rings. The third-order valence-corrected chi connectivity index (χ3v) is 2.31. The summed E-state index contributed by atoms with van der Waals surface area (Å²) >= 11 is 0. The van der Waals surface area contributed by atoms with Gasteiger partial charge in [-0.05, 0) is 18.8 Å². The van der Waals surface area contributed by atoms with Crippen molar-refractivity contribution in [3.63, 3.8) is 0 Å². The van der Waals surface area contributed by atoms with Gasteiger partial charge >= 0.3 is 0 Å². The molecule has 0 bridgehead atoms. The molecule has 0 rings (SSSR count). The lowest BCUT2D eigenvalue weighted by molar-refractivity contribution is -0.130. The first-order valence-corrected chi connectivity index (χ1v) is 5.40. The summed E-state index contributed by atoms with van der Waals surface area (Å²) < 4.78 is 4.80. The maximum absolute atomic E-state index is 10.0. The molecule has 1 unspecified atom stereocenters. The van der Waals surface area contributed by atoms with E-state index < -0.39 is 0 Å². The van der Waals surface area contributed by atoms with Crippen molar-refractivity contribution in [3.05, 3.63) is 0 Å². The third kappa shape index (κ3) is 7.82. The van der Waals surface area contributed by atoms with Crippen molar-refractivity contribution in [2.75, 3.05) is 6.61 Å². The Bertz CT molecular complexity index is 113. The van der Waals surface area contributed by atoms with E-state index in [-0.39, 0.29) is 0 Å². The number of ether oxygens (including phenoxy) is 1. The monoisotopic (exact) mass is 186 g/mol. The minimum absolute atomic E-state index is 0.558. The van der Waals surface area contributed by atoms with Crippen LogP contribution < -0.4 is 0 Å². The first kappa shape index (κ1) is 12.5. The SMILES string of the molecule is CCCCCC(CCC)COC=O. The van der Waals surface area contributed by atoms with Crippen LogP contribution in [-0.4, -0.2) is 13.1 Å². The predicted molar refractivity (Wildman–Crippen MR) is 54.6 cm³/mol. The summed E-state index contributed by atoms with van der Waals surface area (Å²) in [5.74, 6) is 0.585. The molecule has 0 saturated heterocycles. The second-order valence-electron chi connectivity index (χ2n) is 3.58. The fourth-order valence-corrected chi connectivity index (χ4v) is 1.58. The summed E-state index contributed by atoms with van der Waals surface area (Å²) in [7, 11) is 0. The van der Waals surface area contributed by atoms with Crippen LogP contribution in [0.5, 0.6) is 0 Å². The molecule has 2 nitrogen and oxygen atoms in total. The number of carbonyl (C=O) groups is 1. The molecule has 0 radical (unpaired) electrons. The van der Waals surface area contributed by atoms with E-state index in [1.165, 1.54) is 38.5 Å². The number of hydrogen-bond acceptors (Lipinski definition) is 2. The number of unbranched alkanes of at least 4 members (excludes halogenated alkanes) is 2. The van der Waals surface area contributed by atoms with Crippen molar-refractivity contribution in [1.82, 2.24) is 0 Å². The van der Waals surface area contributed by atoms with Gasteiger partial charge in [-0.2, -0.15) is 0 Å². The second kappa shape index (κ2) is 9.56. The highest BCUT2D eigenvalue weighted by Crippen LogP contribution is 2.15. The van der Waals surface area contributed by atoms with Crippen LogP contribution in [0, 0.1) is 5.92 Å². The number of carbonyl (C=O) groups excluding carboxylic acids is 1. The molecular weight excluding hydrogens is 164 g/mol. The average Bonchev–Trinajstić information content (AvgIpc) is 2.14. The molecule has 13 heavy (non-hydrogen) atoms. The van der Waals surface area contributed by atoms with Gasteiger partial charge in [0.1, 0.15) is 0 Å². The van der Waals surface area contributed by atoms with E-state index in [0.717, 1.165) is 0 Å². The van der Waals surface area contributed by atoms with Gasteiger partial charge in [-0.3, -0.25) is 4.79 Å². The molecule has 0 aliphatic heterocycles. The van der Waals surface area contributed by atoms with E-state index in [0.29, 0.717) is 19.0 Å². The Kier molecular flexibility index (Phi) is 9.17. The second-order valence-corrected chi connectivity index (χ2v) is 3.58. The molecule has 0 heterocycles. The standard InChI is InChI=1S/C11H22O2/c1-3-5-6-8-11(7-4-2)9-13-10-12/h10-11H,3-9H2,1-2H3. The van der Waals surface area contributed by atoms with Crippen LogP contribution in [-0.2, 0) is 9.53 Å². The highest BCUT2D eigenvalue weighted by molar-refractivity contribution is 5.36. The van der Waals surface area contributed by atoms with Crippen LogP contribution in [0.15, 0.2) is 0 Å². The lowest BCUT2D eigenvalue weighted by Crippen LogP contribution is -2.08. The molecule has 0 aromatic heterocycles. The Morgan fingerprint density at radius 2 is 1.92 bits per heavy atom.